The van der Waals surface area contributed by atoms with Crippen LogP contribution in [0.5, 0.6) is 0 Å². The van der Waals surface area contributed by atoms with E-state index >= 15 is 0 Å². The lowest BCUT2D eigenvalue weighted by Gasteiger charge is -2.44. The predicted octanol–water partition coefficient (Wildman–Crippen LogP) is 3.23. The normalized spacial score (nSPS) is 15.6. The van der Waals surface area contributed by atoms with Gasteiger partial charge < -0.3 is 9.64 Å². The molecule has 0 fully saturated rings. The van der Waals surface area contributed by atoms with Gasteiger partial charge in [-0.15, -0.1) is 12.8 Å². The topological polar surface area (TPSA) is 63.7 Å². The Morgan fingerprint density at radius 3 is 2.07 bits per heavy atom. The molecule has 0 N–H and O–H groups in total. The van der Waals surface area contributed by atoms with Crippen LogP contribution in [0.15, 0.2) is 29.2 Å². The maximum atomic E-state index is 14.4. The number of alkyl halides is 1. The Bertz CT molecular complexity index is 722. The molecule has 1 amide bonds. The van der Waals surface area contributed by atoms with Crippen LogP contribution in [0.2, 0.25) is 0 Å². The third-order valence-corrected chi connectivity index (χ3v) is 5.73. The van der Waals surface area contributed by atoms with Gasteiger partial charge in [0, 0.05) is 20.3 Å². The summed E-state index contributed by atoms with van der Waals surface area (Å²) in [5.41, 5.74) is -0.161. The predicted molar refractivity (Wildman–Crippen MR) is 106 cm³/mol. The third-order valence-electron chi connectivity index (χ3n) is 4.60. The van der Waals surface area contributed by atoms with Gasteiger partial charge in [0.05, 0.1) is 10.9 Å². The Morgan fingerprint density at radius 2 is 1.78 bits per heavy atom. The Hall–Kier alpha value is -1.91. The molecule has 0 saturated carbocycles. The first kappa shape index (κ1) is 25.1. The van der Waals surface area contributed by atoms with Crippen LogP contribution >= 0.6 is 0 Å². The number of ether oxygens (including phenoxy) is 1. The van der Waals surface area contributed by atoms with Crippen molar-refractivity contribution in [1.29, 1.82) is 0 Å². The molecule has 1 rings (SSSR count). The van der Waals surface area contributed by atoms with Crippen molar-refractivity contribution in [3.05, 3.63) is 29.8 Å². The summed E-state index contributed by atoms with van der Waals surface area (Å²) < 4.78 is 43.0. The first-order valence-corrected chi connectivity index (χ1v) is 10.5. The molecule has 0 spiro atoms. The highest BCUT2D eigenvalue weighted by Crippen LogP contribution is 2.28. The number of halogens is 1. The van der Waals surface area contributed by atoms with E-state index in [0.717, 1.165) is 11.8 Å². The fraction of sp³-hybridized carbons (Fsp3) is 0.550. The molecule has 27 heavy (non-hydrogen) atoms. The zero-order valence-corrected chi connectivity index (χ0v) is 17.7. The van der Waals surface area contributed by atoms with Crippen LogP contribution < -0.4 is 0 Å². The van der Waals surface area contributed by atoms with Crippen LogP contribution in [0.4, 0.5) is 4.39 Å². The molecule has 2 unspecified atom stereocenters. The molecule has 1 aromatic carbocycles. The first-order valence-electron chi connectivity index (χ1n) is 8.57. The van der Waals surface area contributed by atoms with Crippen molar-refractivity contribution in [2.75, 3.05) is 13.4 Å². The molecule has 0 saturated heterocycles. The second-order valence-corrected chi connectivity index (χ2v) is 8.50. The number of amides is 1. The molecule has 0 radical (unpaired) electrons. The highest BCUT2D eigenvalue weighted by molar-refractivity contribution is 7.90. The molecule has 152 valence electrons. The van der Waals surface area contributed by atoms with E-state index in [9.17, 15) is 17.6 Å². The minimum Gasteiger partial charge on any atom is -0.359 e. The number of hydrogen-bond donors (Lipinski definition) is 0. The molecule has 0 heterocycles. The van der Waals surface area contributed by atoms with Crippen molar-refractivity contribution >= 4 is 15.7 Å². The minimum atomic E-state index is -3.28. The average molecular weight is 400 g/mol. The van der Waals surface area contributed by atoms with Crippen molar-refractivity contribution in [2.45, 2.75) is 63.4 Å². The maximum Gasteiger partial charge on any atom is 0.222 e. The Morgan fingerprint density at radius 1 is 1.30 bits per heavy atom. The van der Waals surface area contributed by atoms with Gasteiger partial charge in [-0.2, -0.15) is 0 Å². The summed E-state index contributed by atoms with van der Waals surface area (Å²) in [7, 11) is -1.78. The van der Waals surface area contributed by atoms with Crippen molar-refractivity contribution in [1.82, 2.24) is 4.90 Å². The number of rotatable bonds is 8. The lowest BCUT2D eigenvalue weighted by molar-refractivity contribution is -0.175. The van der Waals surface area contributed by atoms with Gasteiger partial charge in [-0.1, -0.05) is 19.1 Å². The second-order valence-electron chi connectivity index (χ2n) is 6.49. The molecule has 0 aliphatic carbocycles. The van der Waals surface area contributed by atoms with Crippen LogP contribution in [0.1, 0.15) is 39.7 Å². The summed E-state index contributed by atoms with van der Waals surface area (Å²) in [5, 5.41) is 0. The molecular formula is C20H30FNO4S. The number of carbonyl (C=O) groups excluding carboxylic acids is 1. The van der Waals surface area contributed by atoms with E-state index in [0.29, 0.717) is 6.42 Å². The third kappa shape index (κ3) is 6.64. The molecule has 7 heteroatoms. The van der Waals surface area contributed by atoms with Crippen molar-refractivity contribution < 1.29 is 22.3 Å². The van der Waals surface area contributed by atoms with Gasteiger partial charge >= 0.3 is 0 Å². The van der Waals surface area contributed by atoms with E-state index in [2.05, 4.69) is 12.8 Å². The molecule has 1 aromatic rings. The molecular weight excluding hydrogens is 369 g/mol. The highest BCUT2D eigenvalue weighted by atomic mass is 32.2. The summed E-state index contributed by atoms with van der Waals surface area (Å²) in [6.45, 7) is 6.45. The number of sulfone groups is 1. The summed E-state index contributed by atoms with van der Waals surface area (Å²) in [5.74, 6) is -0.270. The number of terminal acetylenes is 1. The Labute approximate surface area is 162 Å². The van der Waals surface area contributed by atoms with Gasteiger partial charge in [0.25, 0.3) is 0 Å². The van der Waals surface area contributed by atoms with E-state index in [-0.39, 0.29) is 17.2 Å². The van der Waals surface area contributed by atoms with Gasteiger partial charge in [0.1, 0.15) is 11.9 Å². The monoisotopic (exact) mass is 399 g/mol. The lowest BCUT2D eigenvalue weighted by Crippen LogP contribution is -2.58. The van der Waals surface area contributed by atoms with Gasteiger partial charge in [-0.05, 0) is 44.4 Å². The number of carbonyl (C=O) groups is 1. The minimum absolute atomic E-state index is 0.208. The van der Waals surface area contributed by atoms with Crippen LogP contribution in [0.3, 0.4) is 0 Å². The van der Waals surface area contributed by atoms with E-state index in [4.69, 9.17) is 4.74 Å². The molecule has 0 bridgehead atoms. The van der Waals surface area contributed by atoms with Gasteiger partial charge in [0.2, 0.25) is 5.91 Å². The number of methoxy groups -OCH3 is 1. The van der Waals surface area contributed by atoms with Crippen molar-refractivity contribution in [2.24, 2.45) is 0 Å². The van der Waals surface area contributed by atoms with Crippen LogP contribution in [0.25, 0.3) is 0 Å². The number of hydrogen-bond acceptors (Lipinski definition) is 4. The summed E-state index contributed by atoms with van der Waals surface area (Å²) in [6.07, 6.45) is 8.64. The SMILES string of the molecule is C#C.CCC(C)(OC)N(C(C)=O)[C@@H](Cc1ccc(S(C)(=O)=O)cc1)C(C)F. The molecule has 0 aliphatic heterocycles. The first-order chi connectivity index (χ1) is 12.5. The molecule has 0 aromatic heterocycles. The lowest BCUT2D eigenvalue weighted by atomic mass is 9.97. The van der Waals surface area contributed by atoms with Crippen molar-refractivity contribution in [3.8, 4) is 12.8 Å². The van der Waals surface area contributed by atoms with Crippen molar-refractivity contribution in [3.63, 3.8) is 0 Å². The standard InChI is InChI=1S/C18H28FNO4S.C2H2/c1-7-18(4,24-5)20(14(3)21)17(13(2)19)12-15-8-10-16(11-9-15)25(6,22)23;1-2/h8-11,13,17H,7,12H2,1-6H3;1-2H/t13?,17-,18?;/m0./s1. The second kappa shape index (κ2) is 10.4. The van der Waals surface area contributed by atoms with Gasteiger partial charge in [-0.25, -0.2) is 12.8 Å². The van der Waals surface area contributed by atoms with E-state index < -0.39 is 27.8 Å². The Balaban J connectivity index is 0.00000326. The van der Waals surface area contributed by atoms with Crippen LogP contribution in [0, 0.1) is 12.8 Å². The zero-order valence-electron chi connectivity index (χ0n) is 16.9. The zero-order chi connectivity index (χ0) is 21.4. The van der Waals surface area contributed by atoms with Gasteiger partial charge in [0.15, 0.2) is 9.84 Å². The maximum absolute atomic E-state index is 14.4. The molecule has 3 atom stereocenters. The summed E-state index contributed by atoms with van der Waals surface area (Å²) >= 11 is 0. The Kier molecular flexibility index (Phi) is 9.69. The van der Waals surface area contributed by atoms with Crippen LogP contribution in [-0.2, 0) is 25.8 Å². The molecule has 5 nitrogen and oxygen atoms in total. The number of benzene rings is 1. The number of nitrogens with zero attached hydrogens (tertiary/aromatic N) is 1. The van der Waals surface area contributed by atoms with E-state index in [1.54, 1.807) is 19.1 Å². The van der Waals surface area contributed by atoms with E-state index in [1.807, 2.05) is 6.92 Å². The highest BCUT2D eigenvalue weighted by Gasteiger charge is 2.39. The quantitative estimate of drug-likeness (QED) is 0.497. The van der Waals surface area contributed by atoms with Crippen LogP contribution in [-0.4, -0.2) is 50.5 Å². The molecule has 0 aliphatic rings. The largest absolute Gasteiger partial charge is 0.359 e. The summed E-state index contributed by atoms with van der Waals surface area (Å²) in [4.78, 5) is 13.9. The average Bonchev–Trinajstić information content (AvgIpc) is 2.61. The fourth-order valence-electron chi connectivity index (χ4n) is 2.90. The smallest absolute Gasteiger partial charge is 0.222 e. The fourth-order valence-corrected chi connectivity index (χ4v) is 3.53. The van der Waals surface area contributed by atoms with E-state index in [1.165, 1.54) is 38.0 Å². The van der Waals surface area contributed by atoms with Gasteiger partial charge in [-0.3, -0.25) is 4.79 Å². The summed E-state index contributed by atoms with van der Waals surface area (Å²) in [6, 6.07) is 5.59.